The first-order chi connectivity index (χ1) is 8.61. The molecule has 0 radical (unpaired) electrons. The van der Waals surface area contributed by atoms with E-state index in [1.54, 1.807) is 0 Å². The van der Waals surface area contributed by atoms with Gasteiger partial charge < -0.3 is 15.0 Å². The van der Waals surface area contributed by atoms with E-state index in [-0.39, 0.29) is 6.10 Å². The summed E-state index contributed by atoms with van der Waals surface area (Å²) >= 11 is 0. The standard InChI is InChI=1S/C14H18N2O2/c1-9(2)17-12-6-4-11(5-7-12)14-13(8-15)10(3)18-16-14/h4-7,9H,8,15H2,1-3H3. The molecule has 18 heavy (non-hydrogen) atoms. The minimum Gasteiger partial charge on any atom is -0.491 e. The van der Waals surface area contributed by atoms with Crippen molar-refractivity contribution in [3.05, 3.63) is 35.6 Å². The molecule has 0 aliphatic carbocycles. The summed E-state index contributed by atoms with van der Waals surface area (Å²) in [5, 5.41) is 4.05. The van der Waals surface area contributed by atoms with Gasteiger partial charge in [0.05, 0.1) is 6.10 Å². The van der Waals surface area contributed by atoms with Gasteiger partial charge in [0.1, 0.15) is 17.2 Å². The lowest BCUT2D eigenvalue weighted by molar-refractivity contribution is 0.242. The zero-order valence-corrected chi connectivity index (χ0v) is 10.9. The number of aromatic nitrogens is 1. The van der Waals surface area contributed by atoms with E-state index in [4.69, 9.17) is 15.0 Å². The summed E-state index contributed by atoms with van der Waals surface area (Å²) in [6, 6.07) is 7.79. The Labute approximate surface area is 107 Å². The highest BCUT2D eigenvalue weighted by atomic mass is 16.5. The summed E-state index contributed by atoms with van der Waals surface area (Å²) in [5.41, 5.74) is 8.46. The van der Waals surface area contributed by atoms with E-state index >= 15 is 0 Å². The molecule has 4 nitrogen and oxygen atoms in total. The van der Waals surface area contributed by atoms with Gasteiger partial charge in [0.2, 0.25) is 0 Å². The number of aryl methyl sites for hydroxylation is 1. The second-order valence-electron chi connectivity index (χ2n) is 4.46. The maximum absolute atomic E-state index is 5.70. The fourth-order valence-corrected chi connectivity index (χ4v) is 1.82. The molecule has 0 atom stereocenters. The lowest BCUT2D eigenvalue weighted by Crippen LogP contribution is -2.05. The van der Waals surface area contributed by atoms with Gasteiger partial charge in [-0.15, -0.1) is 0 Å². The van der Waals surface area contributed by atoms with Crippen LogP contribution in [0.4, 0.5) is 0 Å². The Bertz CT molecular complexity index is 515. The Morgan fingerprint density at radius 2 is 1.94 bits per heavy atom. The first kappa shape index (κ1) is 12.6. The van der Waals surface area contributed by atoms with Crippen LogP contribution in [-0.2, 0) is 6.54 Å². The van der Waals surface area contributed by atoms with Gasteiger partial charge in [-0.3, -0.25) is 0 Å². The molecule has 0 spiro atoms. The highest BCUT2D eigenvalue weighted by Gasteiger charge is 2.13. The summed E-state index contributed by atoms with van der Waals surface area (Å²) < 4.78 is 10.8. The molecule has 2 N–H and O–H groups in total. The summed E-state index contributed by atoms with van der Waals surface area (Å²) in [7, 11) is 0. The molecule has 0 saturated heterocycles. The van der Waals surface area contributed by atoms with Gasteiger partial charge in [-0.25, -0.2) is 0 Å². The summed E-state index contributed by atoms with van der Waals surface area (Å²) in [6.45, 7) is 6.30. The van der Waals surface area contributed by atoms with Crippen LogP contribution in [0, 0.1) is 6.92 Å². The molecule has 0 fully saturated rings. The monoisotopic (exact) mass is 246 g/mol. The summed E-state index contributed by atoms with van der Waals surface area (Å²) in [5.74, 6) is 1.62. The molecule has 2 aromatic rings. The second-order valence-corrected chi connectivity index (χ2v) is 4.46. The average molecular weight is 246 g/mol. The number of rotatable bonds is 4. The van der Waals surface area contributed by atoms with Gasteiger partial charge in [-0.1, -0.05) is 5.16 Å². The Hall–Kier alpha value is -1.81. The van der Waals surface area contributed by atoms with Gasteiger partial charge in [-0.2, -0.15) is 0 Å². The molecular formula is C14H18N2O2. The lowest BCUT2D eigenvalue weighted by atomic mass is 10.1. The number of hydrogen-bond donors (Lipinski definition) is 1. The first-order valence-corrected chi connectivity index (χ1v) is 6.04. The molecule has 0 bridgehead atoms. The van der Waals surface area contributed by atoms with Crippen LogP contribution >= 0.6 is 0 Å². The number of ether oxygens (including phenoxy) is 1. The fraction of sp³-hybridized carbons (Fsp3) is 0.357. The zero-order chi connectivity index (χ0) is 13.1. The fourth-order valence-electron chi connectivity index (χ4n) is 1.82. The molecule has 0 amide bonds. The lowest BCUT2D eigenvalue weighted by Gasteiger charge is -2.09. The Kier molecular flexibility index (Phi) is 3.67. The third-order valence-electron chi connectivity index (χ3n) is 2.69. The zero-order valence-electron chi connectivity index (χ0n) is 10.9. The molecule has 4 heteroatoms. The first-order valence-electron chi connectivity index (χ1n) is 6.04. The van der Waals surface area contributed by atoms with Crippen molar-refractivity contribution >= 4 is 0 Å². The largest absolute Gasteiger partial charge is 0.491 e. The van der Waals surface area contributed by atoms with Gasteiger partial charge in [-0.05, 0) is 45.0 Å². The second kappa shape index (κ2) is 5.23. The summed E-state index contributed by atoms with van der Waals surface area (Å²) in [6.07, 6.45) is 0.171. The van der Waals surface area contributed by atoms with Crippen LogP contribution < -0.4 is 10.5 Å². The quantitative estimate of drug-likeness (QED) is 0.901. The van der Waals surface area contributed by atoms with E-state index in [2.05, 4.69) is 5.16 Å². The number of hydrogen-bond acceptors (Lipinski definition) is 4. The molecule has 2 rings (SSSR count). The molecule has 1 aromatic carbocycles. The molecule has 0 aliphatic rings. The maximum atomic E-state index is 5.70. The van der Waals surface area contributed by atoms with E-state index in [0.717, 1.165) is 28.3 Å². The van der Waals surface area contributed by atoms with Crippen LogP contribution in [0.25, 0.3) is 11.3 Å². The van der Waals surface area contributed by atoms with Crippen molar-refractivity contribution in [3.8, 4) is 17.0 Å². The van der Waals surface area contributed by atoms with Crippen molar-refractivity contribution in [2.45, 2.75) is 33.4 Å². The van der Waals surface area contributed by atoms with Crippen LogP contribution in [0.15, 0.2) is 28.8 Å². The van der Waals surface area contributed by atoms with Crippen molar-refractivity contribution in [1.82, 2.24) is 5.16 Å². The van der Waals surface area contributed by atoms with Gasteiger partial charge in [0, 0.05) is 17.7 Å². The van der Waals surface area contributed by atoms with Crippen LogP contribution in [-0.4, -0.2) is 11.3 Å². The Balaban J connectivity index is 2.28. The van der Waals surface area contributed by atoms with E-state index in [1.165, 1.54) is 0 Å². The van der Waals surface area contributed by atoms with Crippen LogP contribution in [0.5, 0.6) is 5.75 Å². The third kappa shape index (κ3) is 2.54. The minimum atomic E-state index is 0.171. The number of nitrogens with zero attached hydrogens (tertiary/aromatic N) is 1. The van der Waals surface area contributed by atoms with Gasteiger partial charge >= 0.3 is 0 Å². The van der Waals surface area contributed by atoms with Crippen molar-refractivity contribution in [3.63, 3.8) is 0 Å². The van der Waals surface area contributed by atoms with Crippen molar-refractivity contribution in [2.75, 3.05) is 0 Å². The Morgan fingerprint density at radius 1 is 1.28 bits per heavy atom. The molecule has 1 heterocycles. The van der Waals surface area contributed by atoms with Crippen molar-refractivity contribution < 1.29 is 9.26 Å². The minimum absolute atomic E-state index is 0.171. The number of benzene rings is 1. The highest BCUT2D eigenvalue weighted by Crippen LogP contribution is 2.26. The smallest absolute Gasteiger partial charge is 0.138 e. The molecule has 1 aromatic heterocycles. The third-order valence-corrected chi connectivity index (χ3v) is 2.69. The predicted octanol–water partition coefficient (Wildman–Crippen LogP) is 2.90. The molecular weight excluding hydrogens is 228 g/mol. The number of nitrogens with two attached hydrogens (primary N) is 1. The maximum Gasteiger partial charge on any atom is 0.138 e. The average Bonchev–Trinajstić information content (AvgIpc) is 2.70. The van der Waals surface area contributed by atoms with Crippen LogP contribution in [0.3, 0.4) is 0 Å². The van der Waals surface area contributed by atoms with Gasteiger partial charge in [0.25, 0.3) is 0 Å². The van der Waals surface area contributed by atoms with Crippen molar-refractivity contribution in [1.29, 1.82) is 0 Å². The SMILES string of the molecule is Cc1onc(-c2ccc(OC(C)C)cc2)c1CN. The normalized spacial score (nSPS) is 10.9. The van der Waals surface area contributed by atoms with Gasteiger partial charge in [0.15, 0.2) is 0 Å². The van der Waals surface area contributed by atoms with Crippen LogP contribution in [0.1, 0.15) is 25.2 Å². The molecule has 0 aliphatic heterocycles. The Morgan fingerprint density at radius 3 is 2.50 bits per heavy atom. The van der Waals surface area contributed by atoms with E-state index in [1.807, 2.05) is 45.0 Å². The molecule has 0 unspecified atom stereocenters. The highest BCUT2D eigenvalue weighted by molar-refractivity contribution is 5.64. The van der Waals surface area contributed by atoms with Crippen LogP contribution in [0.2, 0.25) is 0 Å². The van der Waals surface area contributed by atoms with E-state index < -0.39 is 0 Å². The van der Waals surface area contributed by atoms with E-state index in [0.29, 0.717) is 6.54 Å². The predicted molar refractivity (Wildman–Crippen MR) is 70.3 cm³/mol. The molecule has 96 valence electrons. The topological polar surface area (TPSA) is 61.3 Å². The van der Waals surface area contributed by atoms with E-state index in [9.17, 15) is 0 Å². The summed E-state index contributed by atoms with van der Waals surface area (Å²) in [4.78, 5) is 0. The van der Waals surface area contributed by atoms with Crippen molar-refractivity contribution in [2.24, 2.45) is 5.73 Å². The molecule has 0 saturated carbocycles.